The van der Waals surface area contributed by atoms with Gasteiger partial charge in [-0.15, -0.1) is 5.10 Å². The summed E-state index contributed by atoms with van der Waals surface area (Å²) in [6.07, 6.45) is 1.78. The Morgan fingerprint density at radius 3 is 2.64 bits per heavy atom. The topological polar surface area (TPSA) is 93.9 Å². The number of thioether (sulfide) groups is 1. The molecule has 33 heavy (non-hydrogen) atoms. The molecule has 1 atom stereocenters. The van der Waals surface area contributed by atoms with Crippen LogP contribution in [-0.2, 0) is 15.7 Å². The van der Waals surface area contributed by atoms with Gasteiger partial charge in [-0.1, -0.05) is 29.8 Å². The molecule has 1 fully saturated rings. The van der Waals surface area contributed by atoms with Crippen molar-refractivity contribution in [1.29, 1.82) is 0 Å². The molecule has 5 rings (SSSR count). The molecule has 1 aliphatic heterocycles. The lowest BCUT2D eigenvalue weighted by Crippen LogP contribution is -2.38. The number of hydrogen-bond acceptors (Lipinski definition) is 8. The highest BCUT2D eigenvalue weighted by atomic mass is 32.2. The van der Waals surface area contributed by atoms with Gasteiger partial charge in [-0.2, -0.15) is 11.8 Å². The van der Waals surface area contributed by atoms with Crippen molar-refractivity contribution in [3.63, 3.8) is 0 Å². The maximum absolute atomic E-state index is 13.1. The lowest BCUT2D eigenvalue weighted by Gasteiger charge is -2.33. The average Bonchev–Trinajstić information content (AvgIpc) is 3.27. The smallest absolute Gasteiger partial charge is 0.198 e. The van der Waals surface area contributed by atoms with E-state index in [-0.39, 0.29) is 16.8 Å². The molecule has 170 valence electrons. The fourth-order valence-corrected chi connectivity index (χ4v) is 6.24. The van der Waals surface area contributed by atoms with Crippen LogP contribution in [0, 0.1) is 6.92 Å². The van der Waals surface area contributed by atoms with Gasteiger partial charge in [-0.3, -0.25) is 9.88 Å². The Bertz CT molecular complexity index is 1370. The summed E-state index contributed by atoms with van der Waals surface area (Å²) < 4.78 is 27.7. The molecule has 0 aliphatic carbocycles. The SMILES string of the molecule is Cc1ccc(S(=O)(=O)Cn2nnnc2[C@@H](c2ccc3ncccc3c2)N2CCSCC2)cc1. The molecule has 0 bridgehead atoms. The molecule has 2 aromatic carbocycles. The summed E-state index contributed by atoms with van der Waals surface area (Å²) in [5.41, 5.74) is 2.94. The van der Waals surface area contributed by atoms with Gasteiger partial charge in [0.2, 0.25) is 0 Å². The largest absolute Gasteiger partial charge is 0.288 e. The maximum atomic E-state index is 13.1. The third-order valence-corrected chi connectivity index (χ3v) is 8.35. The highest BCUT2D eigenvalue weighted by Crippen LogP contribution is 2.31. The number of hydrogen-bond donors (Lipinski definition) is 0. The number of pyridine rings is 1. The van der Waals surface area contributed by atoms with Gasteiger partial charge in [0.1, 0.15) is 0 Å². The van der Waals surface area contributed by atoms with Crippen LogP contribution in [0.15, 0.2) is 65.7 Å². The molecule has 4 aromatic rings. The molecule has 0 radical (unpaired) electrons. The van der Waals surface area contributed by atoms with Crippen molar-refractivity contribution in [2.75, 3.05) is 24.6 Å². The van der Waals surface area contributed by atoms with Crippen LogP contribution in [0.25, 0.3) is 10.9 Å². The zero-order chi connectivity index (χ0) is 22.8. The maximum Gasteiger partial charge on any atom is 0.198 e. The summed E-state index contributed by atoms with van der Waals surface area (Å²) in [4.78, 5) is 7.01. The van der Waals surface area contributed by atoms with E-state index in [0.29, 0.717) is 5.82 Å². The molecule has 0 spiro atoms. The van der Waals surface area contributed by atoms with Crippen LogP contribution in [0.5, 0.6) is 0 Å². The molecule has 8 nitrogen and oxygen atoms in total. The summed E-state index contributed by atoms with van der Waals surface area (Å²) in [5.74, 6) is 2.23. The van der Waals surface area contributed by atoms with Gasteiger partial charge >= 0.3 is 0 Å². The second-order valence-corrected chi connectivity index (χ2v) is 11.3. The van der Waals surface area contributed by atoms with Crippen LogP contribution in [0.4, 0.5) is 0 Å². The normalized spacial score (nSPS) is 16.2. The predicted molar refractivity (Wildman–Crippen MR) is 129 cm³/mol. The van der Waals surface area contributed by atoms with E-state index in [2.05, 4.69) is 31.5 Å². The Morgan fingerprint density at radius 2 is 1.85 bits per heavy atom. The van der Waals surface area contributed by atoms with E-state index in [1.807, 2.05) is 43.0 Å². The quantitative estimate of drug-likeness (QED) is 0.416. The van der Waals surface area contributed by atoms with Gasteiger partial charge in [0.05, 0.1) is 16.5 Å². The van der Waals surface area contributed by atoms with E-state index in [4.69, 9.17) is 0 Å². The number of benzene rings is 2. The van der Waals surface area contributed by atoms with Crippen LogP contribution < -0.4 is 0 Å². The van der Waals surface area contributed by atoms with Gasteiger partial charge in [0.15, 0.2) is 21.5 Å². The third-order valence-electron chi connectivity index (χ3n) is 5.83. The monoisotopic (exact) mass is 480 g/mol. The average molecular weight is 481 g/mol. The Kier molecular flexibility index (Phi) is 6.13. The van der Waals surface area contributed by atoms with E-state index in [1.54, 1.807) is 30.5 Å². The Balaban J connectivity index is 1.55. The van der Waals surface area contributed by atoms with Crippen molar-refractivity contribution < 1.29 is 8.42 Å². The van der Waals surface area contributed by atoms with Crippen LogP contribution in [0.1, 0.15) is 23.0 Å². The zero-order valence-electron chi connectivity index (χ0n) is 18.2. The van der Waals surface area contributed by atoms with Crippen LogP contribution in [-0.4, -0.2) is 63.1 Å². The van der Waals surface area contributed by atoms with Gasteiger partial charge < -0.3 is 0 Å². The Labute approximate surface area is 196 Å². The molecule has 2 aromatic heterocycles. The van der Waals surface area contributed by atoms with Crippen molar-refractivity contribution >= 4 is 32.5 Å². The minimum Gasteiger partial charge on any atom is -0.288 e. The Morgan fingerprint density at radius 1 is 1.06 bits per heavy atom. The number of rotatable bonds is 6. The van der Waals surface area contributed by atoms with Crippen LogP contribution in [0.3, 0.4) is 0 Å². The second kappa shape index (κ2) is 9.20. The zero-order valence-corrected chi connectivity index (χ0v) is 19.8. The van der Waals surface area contributed by atoms with Gasteiger partial charge in [-0.25, -0.2) is 13.1 Å². The molecule has 10 heteroatoms. The summed E-state index contributed by atoms with van der Waals surface area (Å²) in [7, 11) is -3.62. The summed E-state index contributed by atoms with van der Waals surface area (Å²) in [5, 5.41) is 13.3. The first-order valence-corrected chi connectivity index (χ1v) is 13.5. The van der Waals surface area contributed by atoms with Crippen molar-refractivity contribution in [3.8, 4) is 0 Å². The first-order chi connectivity index (χ1) is 16.0. The molecule has 0 amide bonds. The number of sulfone groups is 1. The van der Waals surface area contributed by atoms with Gasteiger partial charge in [0, 0.05) is 36.2 Å². The summed E-state index contributed by atoms with van der Waals surface area (Å²) >= 11 is 1.92. The second-order valence-electron chi connectivity index (χ2n) is 8.10. The first kappa shape index (κ1) is 22.0. The molecular weight excluding hydrogens is 456 g/mol. The summed E-state index contributed by atoms with van der Waals surface area (Å²) in [6, 6.07) is 16.7. The molecule has 0 N–H and O–H groups in total. The molecule has 1 aliphatic rings. The molecule has 0 saturated carbocycles. The summed E-state index contributed by atoms with van der Waals surface area (Å²) in [6.45, 7) is 3.67. The molecule has 1 saturated heterocycles. The van der Waals surface area contributed by atoms with Gasteiger partial charge in [-0.05, 0) is 53.2 Å². The lowest BCUT2D eigenvalue weighted by molar-refractivity contribution is 0.236. The van der Waals surface area contributed by atoms with Crippen molar-refractivity contribution in [1.82, 2.24) is 30.1 Å². The number of tetrazole rings is 1. The molecule has 3 heterocycles. The van der Waals surface area contributed by atoms with E-state index in [1.165, 1.54) is 4.68 Å². The van der Waals surface area contributed by atoms with Gasteiger partial charge in [0.25, 0.3) is 0 Å². The van der Waals surface area contributed by atoms with E-state index in [0.717, 1.165) is 46.6 Å². The van der Waals surface area contributed by atoms with E-state index in [9.17, 15) is 8.42 Å². The first-order valence-electron chi connectivity index (χ1n) is 10.7. The number of fused-ring (bicyclic) bond motifs is 1. The fraction of sp³-hybridized carbons (Fsp3) is 0.304. The fourth-order valence-electron chi connectivity index (χ4n) is 4.10. The lowest BCUT2D eigenvalue weighted by atomic mass is 10.0. The van der Waals surface area contributed by atoms with Crippen LogP contribution >= 0.6 is 11.8 Å². The number of aryl methyl sites for hydroxylation is 1. The standard InChI is InChI=1S/C23H24N6O2S2/c1-17-4-7-20(8-5-17)33(30,31)16-29-23(25-26-27-29)22(28-11-13-32-14-12-28)19-6-9-21-18(15-19)3-2-10-24-21/h2-10,15,22H,11-14,16H2,1H3/t22-/m1/s1. The van der Waals surface area contributed by atoms with Crippen molar-refractivity contribution in [2.24, 2.45) is 0 Å². The molecular formula is C23H24N6O2S2. The van der Waals surface area contributed by atoms with Crippen molar-refractivity contribution in [3.05, 3.63) is 77.7 Å². The predicted octanol–water partition coefficient (Wildman–Crippen LogP) is 3.10. The minimum absolute atomic E-state index is 0.251. The highest BCUT2D eigenvalue weighted by molar-refractivity contribution is 7.99. The van der Waals surface area contributed by atoms with Crippen LogP contribution in [0.2, 0.25) is 0 Å². The Hall–Kier alpha value is -2.82. The number of nitrogens with zero attached hydrogens (tertiary/aromatic N) is 6. The third kappa shape index (κ3) is 4.64. The van der Waals surface area contributed by atoms with E-state index >= 15 is 0 Å². The number of aromatic nitrogens is 5. The molecule has 0 unspecified atom stereocenters. The van der Waals surface area contributed by atoms with E-state index < -0.39 is 9.84 Å². The highest BCUT2D eigenvalue weighted by Gasteiger charge is 2.31. The van der Waals surface area contributed by atoms with Crippen molar-refractivity contribution in [2.45, 2.75) is 23.7 Å². The minimum atomic E-state index is -3.62.